The van der Waals surface area contributed by atoms with Crippen molar-refractivity contribution in [1.82, 2.24) is 5.32 Å². The average Bonchev–Trinajstić information content (AvgIpc) is 2.15. The number of nitrogens with one attached hydrogen (secondary N) is 1. The third-order valence-corrected chi connectivity index (χ3v) is 3.78. The summed E-state index contributed by atoms with van der Waals surface area (Å²) < 4.78 is 14.5. The van der Waals surface area contributed by atoms with Crippen molar-refractivity contribution in [3.8, 4) is 0 Å². The van der Waals surface area contributed by atoms with E-state index in [9.17, 15) is 4.39 Å². The molecule has 0 radical (unpaired) electrons. The summed E-state index contributed by atoms with van der Waals surface area (Å²) in [6.45, 7) is 4.28. The summed E-state index contributed by atoms with van der Waals surface area (Å²) in [4.78, 5) is 0. The largest absolute Gasteiger partial charge is 0.307 e. The number of rotatable bonds is 3. The summed E-state index contributed by atoms with van der Waals surface area (Å²) >= 11 is 3.27. The molecule has 0 aliphatic heterocycles. The van der Waals surface area contributed by atoms with Crippen LogP contribution in [0.2, 0.25) is 0 Å². The van der Waals surface area contributed by atoms with Crippen LogP contribution < -0.4 is 5.32 Å². The fourth-order valence-electron chi connectivity index (χ4n) is 2.33. The minimum absolute atomic E-state index is 0.0885. The second kappa shape index (κ2) is 4.84. The standard InChI is InChI=1S/C13H17BrFN/c1-8-5-11(6-8)16-9(2)12-4-3-10(14)7-13(12)15/h3-4,7-9,11,16H,5-6H2,1-2H3. The highest BCUT2D eigenvalue weighted by Gasteiger charge is 2.26. The van der Waals surface area contributed by atoms with Crippen molar-refractivity contribution in [2.45, 2.75) is 38.8 Å². The van der Waals surface area contributed by atoms with E-state index in [-0.39, 0.29) is 11.9 Å². The van der Waals surface area contributed by atoms with Gasteiger partial charge in [0.05, 0.1) is 0 Å². The minimum atomic E-state index is -0.137. The van der Waals surface area contributed by atoms with Gasteiger partial charge in [-0.1, -0.05) is 28.9 Å². The number of hydrogen-bond acceptors (Lipinski definition) is 1. The van der Waals surface area contributed by atoms with Gasteiger partial charge in [-0.3, -0.25) is 0 Å². The number of hydrogen-bond donors (Lipinski definition) is 1. The molecule has 1 aromatic rings. The van der Waals surface area contributed by atoms with E-state index in [2.05, 4.69) is 28.2 Å². The molecule has 3 heteroatoms. The molecule has 88 valence electrons. The zero-order valence-corrected chi connectivity index (χ0v) is 11.2. The predicted octanol–water partition coefficient (Wildman–Crippen LogP) is 4.04. The fourth-order valence-corrected chi connectivity index (χ4v) is 2.67. The maximum atomic E-state index is 13.7. The van der Waals surface area contributed by atoms with Crippen LogP contribution in [0, 0.1) is 11.7 Å². The molecule has 1 aliphatic carbocycles. The first-order valence-corrected chi connectivity index (χ1v) is 6.56. The Morgan fingerprint density at radius 1 is 1.44 bits per heavy atom. The van der Waals surface area contributed by atoms with Gasteiger partial charge >= 0.3 is 0 Å². The summed E-state index contributed by atoms with van der Waals surface area (Å²) in [5.74, 6) is 0.682. The second-order valence-electron chi connectivity index (χ2n) is 4.83. The fraction of sp³-hybridized carbons (Fsp3) is 0.538. The van der Waals surface area contributed by atoms with Crippen LogP contribution in [0.4, 0.5) is 4.39 Å². The van der Waals surface area contributed by atoms with Crippen LogP contribution >= 0.6 is 15.9 Å². The van der Waals surface area contributed by atoms with Crippen molar-refractivity contribution in [3.05, 3.63) is 34.1 Å². The summed E-state index contributed by atoms with van der Waals surface area (Å²) in [5.41, 5.74) is 0.753. The van der Waals surface area contributed by atoms with Crippen LogP contribution in [0.25, 0.3) is 0 Å². The Balaban J connectivity index is 2.00. The predicted molar refractivity (Wildman–Crippen MR) is 67.8 cm³/mol. The number of benzene rings is 1. The lowest BCUT2D eigenvalue weighted by molar-refractivity contribution is 0.225. The van der Waals surface area contributed by atoms with Crippen LogP contribution in [-0.2, 0) is 0 Å². The van der Waals surface area contributed by atoms with Gasteiger partial charge in [0.15, 0.2) is 0 Å². The van der Waals surface area contributed by atoms with E-state index in [1.165, 1.54) is 18.9 Å². The lowest BCUT2D eigenvalue weighted by Crippen LogP contribution is -2.41. The zero-order valence-electron chi connectivity index (χ0n) is 9.63. The Labute approximate surface area is 105 Å². The molecule has 0 amide bonds. The van der Waals surface area contributed by atoms with E-state index in [0.29, 0.717) is 6.04 Å². The molecular formula is C13H17BrFN. The molecule has 1 atom stereocenters. The van der Waals surface area contributed by atoms with Crippen LogP contribution in [0.1, 0.15) is 38.3 Å². The highest BCUT2D eigenvalue weighted by atomic mass is 79.9. The minimum Gasteiger partial charge on any atom is -0.307 e. The van der Waals surface area contributed by atoms with Crippen LogP contribution in [-0.4, -0.2) is 6.04 Å². The van der Waals surface area contributed by atoms with Gasteiger partial charge in [-0.25, -0.2) is 4.39 Å². The average molecular weight is 286 g/mol. The summed E-state index contributed by atoms with van der Waals surface area (Å²) in [6, 6.07) is 5.91. The van der Waals surface area contributed by atoms with Gasteiger partial charge in [0, 0.05) is 22.1 Å². The maximum Gasteiger partial charge on any atom is 0.129 e. The zero-order chi connectivity index (χ0) is 11.7. The van der Waals surface area contributed by atoms with Gasteiger partial charge in [0.25, 0.3) is 0 Å². The van der Waals surface area contributed by atoms with Gasteiger partial charge in [0.1, 0.15) is 5.82 Å². The Kier molecular flexibility index (Phi) is 3.65. The summed E-state index contributed by atoms with van der Waals surface area (Å²) in [5, 5.41) is 3.47. The quantitative estimate of drug-likeness (QED) is 0.884. The monoisotopic (exact) mass is 285 g/mol. The Morgan fingerprint density at radius 3 is 2.69 bits per heavy atom. The van der Waals surface area contributed by atoms with Gasteiger partial charge < -0.3 is 5.32 Å². The Hall–Kier alpha value is -0.410. The van der Waals surface area contributed by atoms with Crippen molar-refractivity contribution in [3.63, 3.8) is 0 Å². The van der Waals surface area contributed by atoms with Crippen LogP contribution in [0.3, 0.4) is 0 Å². The van der Waals surface area contributed by atoms with Gasteiger partial charge in [0.2, 0.25) is 0 Å². The highest BCUT2D eigenvalue weighted by Crippen LogP contribution is 2.29. The first-order chi connectivity index (χ1) is 7.56. The molecule has 1 aromatic carbocycles. The van der Waals surface area contributed by atoms with E-state index in [1.54, 1.807) is 0 Å². The summed E-state index contributed by atoms with van der Waals surface area (Å²) in [6.07, 6.45) is 2.42. The van der Waals surface area contributed by atoms with Crippen molar-refractivity contribution in [1.29, 1.82) is 0 Å². The first kappa shape index (κ1) is 12.1. The van der Waals surface area contributed by atoms with E-state index in [0.717, 1.165) is 16.0 Å². The number of halogens is 2. The SMILES string of the molecule is CC1CC(NC(C)c2ccc(Br)cc2F)C1. The van der Waals surface area contributed by atoms with Gasteiger partial charge in [-0.15, -0.1) is 0 Å². The van der Waals surface area contributed by atoms with E-state index in [4.69, 9.17) is 0 Å². The maximum absolute atomic E-state index is 13.7. The van der Waals surface area contributed by atoms with Gasteiger partial charge in [-0.05, 0) is 37.8 Å². The molecule has 1 fully saturated rings. The molecule has 1 nitrogen and oxygen atoms in total. The topological polar surface area (TPSA) is 12.0 Å². The molecule has 1 unspecified atom stereocenters. The second-order valence-corrected chi connectivity index (χ2v) is 5.74. The molecule has 0 bridgehead atoms. The van der Waals surface area contributed by atoms with Crippen molar-refractivity contribution in [2.24, 2.45) is 5.92 Å². The molecule has 1 saturated carbocycles. The Morgan fingerprint density at radius 2 is 2.12 bits per heavy atom. The molecule has 0 aromatic heterocycles. The lowest BCUT2D eigenvalue weighted by atomic mass is 9.81. The van der Waals surface area contributed by atoms with E-state index >= 15 is 0 Å². The molecule has 0 saturated heterocycles. The summed E-state index contributed by atoms with van der Waals surface area (Å²) in [7, 11) is 0. The normalized spacial score (nSPS) is 26.2. The molecule has 0 spiro atoms. The third kappa shape index (κ3) is 2.64. The van der Waals surface area contributed by atoms with Crippen LogP contribution in [0.5, 0.6) is 0 Å². The first-order valence-electron chi connectivity index (χ1n) is 5.77. The van der Waals surface area contributed by atoms with Crippen molar-refractivity contribution >= 4 is 15.9 Å². The molecule has 0 heterocycles. The van der Waals surface area contributed by atoms with Crippen molar-refractivity contribution in [2.75, 3.05) is 0 Å². The highest BCUT2D eigenvalue weighted by molar-refractivity contribution is 9.10. The lowest BCUT2D eigenvalue weighted by Gasteiger charge is -2.35. The third-order valence-electron chi connectivity index (χ3n) is 3.29. The molecule has 1 aliphatic rings. The molecule has 1 N–H and O–H groups in total. The van der Waals surface area contributed by atoms with E-state index in [1.807, 2.05) is 19.1 Å². The van der Waals surface area contributed by atoms with Crippen LogP contribution in [0.15, 0.2) is 22.7 Å². The molecular weight excluding hydrogens is 269 g/mol. The van der Waals surface area contributed by atoms with Crippen molar-refractivity contribution < 1.29 is 4.39 Å². The molecule has 2 rings (SSSR count). The van der Waals surface area contributed by atoms with E-state index < -0.39 is 0 Å². The molecule has 16 heavy (non-hydrogen) atoms. The van der Waals surface area contributed by atoms with Gasteiger partial charge in [-0.2, -0.15) is 0 Å². The smallest absolute Gasteiger partial charge is 0.129 e. The Bertz CT molecular complexity index is 374.